The van der Waals surface area contributed by atoms with Gasteiger partial charge < -0.3 is 9.88 Å². The van der Waals surface area contributed by atoms with Gasteiger partial charge in [0.1, 0.15) is 0 Å². The Morgan fingerprint density at radius 3 is 2.54 bits per heavy atom. The van der Waals surface area contributed by atoms with Crippen molar-refractivity contribution in [1.82, 2.24) is 4.57 Å². The molecular weight excluding hydrogens is 344 g/mol. The minimum absolute atomic E-state index is 0.0452. The molecule has 1 amide bonds. The highest BCUT2D eigenvalue weighted by atomic mass is 16.2. The summed E-state index contributed by atoms with van der Waals surface area (Å²) < 4.78 is 2.27. The standard InChI is InChI=1S/C25H20N2O/c1-16-14-19(15-22-21-11-5-6-12-23(21)26-25(22)28)17(2)27(16)24-13-7-9-18-8-3-4-10-20(18)24/h3-15H,1-2H3,(H,26,28)/b22-15+. The van der Waals surface area contributed by atoms with Crippen molar-refractivity contribution in [2.24, 2.45) is 0 Å². The van der Waals surface area contributed by atoms with E-state index in [4.69, 9.17) is 0 Å². The van der Waals surface area contributed by atoms with Crippen LogP contribution in [0.15, 0.2) is 72.8 Å². The van der Waals surface area contributed by atoms with Crippen molar-refractivity contribution < 1.29 is 4.79 Å². The highest BCUT2D eigenvalue weighted by molar-refractivity contribution is 6.34. The first-order valence-corrected chi connectivity index (χ1v) is 9.43. The molecule has 2 heterocycles. The molecule has 1 aromatic heterocycles. The second-order valence-corrected chi connectivity index (χ2v) is 7.22. The van der Waals surface area contributed by atoms with Crippen LogP contribution in [0.2, 0.25) is 0 Å². The van der Waals surface area contributed by atoms with Crippen LogP contribution in [0.5, 0.6) is 0 Å². The molecule has 5 rings (SSSR count). The molecule has 3 aromatic carbocycles. The number of anilines is 1. The number of benzene rings is 3. The summed E-state index contributed by atoms with van der Waals surface area (Å²) in [5, 5.41) is 5.39. The number of carbonyl (C=O) groups is 1. The van der Waals surface area contributed by atoms with E-state index in [1.165, 1.54) is 10.8 Å². The van der Waals surface area contributed by atoms with Crippen LogP contribution in [-0.2, 0) is 4.79 Å². The van der Waals surface area contributed by atoms with Gasteiger partial charge in [-0.1, -0.05) is 54.6 Å². The number of hydrogen-bond acceptors (Lipinski definition) is 1. The molecule has 0 spiro atoms. The first kappa shape index (κ1) is 16.6. The Hall–Kier alpha value is -3.59. The number of amides is 1. The Labute approximate surface area is 163 Å². The Kier molecular flexibility index (Phi) is 3.69. The molecule has 28 heavy (non-hydrogen) atoms. The summed E-state index contributed by atoms with van der Waals surface area (Å²) in [6.07, 6.45) is 2.01. The SMILES string of the molecule is Cc1cc(/C=C2/C(=O)Nc3ccccc32)c(C)n1-c1cccc2ccccc12. The van der Waals surface area contributed by atoms with Crippen LogP contribution >= 0.6 is 0 Å². The van der Waals surface area contributed by atoms with Crippen LogP contribution in [0, 0.1) is 13.8 Å². The fourth-order valence-electron chi connectivity index (χ4n) is 4.15. The number of nitrogens with one attached hydrogen (secondary N) is 1. The largest absolute Gasteiger partial charge is 0.321 e. The Balaban J connectivity index is 1.68. The molecule has 1 aliphatic heterocycles. The lowest BCUT2D eigenvalue weighted by Crippen LogP contribution is -2.03. The first-order valence-electron chi connectivity index (χ1n) is 9.43. The molecule has 1 N–H and O–H groups in total. The maximum atomic E-state index is 12.5. The van der Waals surface area contributed by atoms with Crippen LogP contribution in [0.25, 0.3) is 28.1 Å². The zero-order valence-corrected chi connectivity index (χ0v) is 15.9. The Morgan fingerprint density at radius 1 is 0.893 bits per heavy atom. The molecule has 3 heteroatoms. The summed E-state index contributed by atoms with van der Waals surface area (Å²) in [5.41, 5.74) is 7.05. The van der Waals surface area contributed by atoms with Gasteiger partial charge in [-0.25, -0.2) is 0 Å². The summed E-state index contributed by atoms with van der Waals surface area (Å²) >= 11 is 0. The van der Waals surface area contributed by atoms with Gasteiger partial charge in [-0.2, -0.15) is 0 Å². The van der Waals surface area contributed by atoms with Gasteiger partial charge in [0.25, 0.3) is 5.91 Å². The summed E-state index contributed by atoms with van der Waals surface area (Å²) in [6, 6.07) is 24.8. The van der Waals surface area contributed by atoms with Gasteiger partial charge in [0.15, 0.2) is 0 Å². The second-order valence-electron chi connectivity index (χ2n) is 7.22. The minimum atomic E-state index is -0.0452. The lowest BCUT2D eigenvalue weighted by molar-refractivity contribution is -0.110. The lowest BCUT2D eigenvalue weighted by Gasteiger charge is -2.13. The molecule has 3 nitrogen and oxygen atoms in total. The van der Waals surface area contributed by atoms with Gasteiger partial charge in [0, 0.05) is 33.6 Å². The molecule has 4 aromatic rings. The van der Waals surface area contributed by atoms with E-state index in [2.05, 4.69) is 72.3 Å². The fourth-order valence-corrected chi connectivity index (χ4v) is 4.15. The molecule has 0 fully saturated rings. The van der Waals surface area contributed by atoms with Gasteiger partial charge in [0.05, 0.1) is 5.69 Å². The summed E-state index contributed by atoms with van der Waals surface area (Å²) in [6.45, 7) is 4.22. The summed E-state index contributed by atoms with van der Waals surface area (Å²) in [4.78, 5) is 12.5. The molecule has 1 aliphatic rings. The molecule has 0 saturated carbocycles. The van der Waals surface area contributed by atoms with Gasteiger partial charge >= 0.3 is 0 Å². The average molecular weight is 364 g/mol. The number of para-hydroxylation sites is 1. The van der Waals surface area contributed by atoms with Gasteiger partial charge in [-0.15, -0.1) is 0 Å². The Bertz CT molecular complexity index is 1270. The molecule has 0 aliphatic carbocycles. The number of fused-ring (bicyclic) bond motifs is 2. The van der Waals surface area contributed by atoms with Crippen LogP contribution in [-0.4, -0.2) is 10.5 Å². The van der Waals surface area contributed by atoms with Crippen molar-refractivity contribution in [2.45, 2.75) is 13.8 Å². The first-order chi connectivity index (χ1) is 13.6. The van der Waals surface area contributed by atoms with E-state index in [0.717, 1.165) is 33.9 Å². The third kappa shape index (κ3) is 2.48. The van der Waals surface area contributed by atoms with Crippen molar-refractivity contribution in [3.63, 3.8) is 0 Å². The monoisotopic (exact) mass is 364 g/mol. The number of nitrogens with zero attached hydrogens (tertiary/aromatic N) is 1. The van der Waals surface area contributed by atoms with Crippen molar-refractivity contribution in [2.75, 3.05) is 5.32 Å². The highest BCUT2D eigenvalue weighted by Gasteiger charge is 2.24. The third-order valence-corrected chi connectivity index (χ3v) is 5.49. The number of rotatable bonds is 2. The molecule has 0 atom stereocenters. The normalized spacial score (nSPS) is 14.5. The molecule has 0 saturated heterocycles. The van der Waals surface area contributed by atoms with E-state index in [-0.39, 0.29) is 5.91 Å². The quantitative estimate of drug-likeness (QED) is 0.452. The van der Waals surface area contributed by atoms with Crippen molar-refractivity contribution in [3.8, 4) is 5.69 Å². The number of carbonyl (C=O) groups excluding carboxylic acids is 1. The lowest BCUT2D eigenvalue weighted by atomic mass is 10.0. The van der Waals surface area contributed by atoms with Crippen LogP contribution in [0.1, 0.15) is 22.5 Å². The van der Waals surface area contributed by atoms with E-state index in [1.54, 1.807) is 0 Å². The molecule has 136 valence electrons. The van der Waals surface area contributed by atoms with Gasteiger partial charge in [0.2, 0.25) is 0 Å². The van der Waals surface area contributed by atoms with E-state index in [9.17, 15) is 4.79 Å². The zero-order valence-electron chi connectivity index (χ0n) is 15.9. The topological polar surface area (TPSA) is 34.0 Å². The molecular formula is C25H20N2O. The average Bonchev–Trinajstić information content (AvgIpc) is 3.17. The zero-order chi connectivity index (χ0) is 19.3. The molecule has 0 radical (unpaired) electrons. The van der Waals surface area contributed by atoms with Gasteiger partial charge in [-0.3, -0.25) is 4.79 Å². The van der Waals surface area contributed by atoms with Crippen LogP contribution in [0.4, 0.5) is 5.69 Å². The molecule has 0 unspecified atom stereocenters. The maximum absolute atomic E-state index is 12.5. The van der Waals surface area contributed by atoms with Crippen LogP contribution in [0.3, 0.4) is 0 Å². The van der Waals surface area contributed by atoms with Crippen molar-refractivity contribution in [3.05, 3.63) is 95.3 Å². The Morgan fingerprint density at radius 2 is 1.64 bits per heavy atom. The van der Waals surface area contributed by atoms with Crippen molar-refractivity contribution in [1.29, 1.82) is 0 Å². The maximum Gasteiger partial charge on any atom is 0.256 e. The third-order valence-electron chi connectivity index (χ3n) is 5.49. The van der Waals surface area contributed by atoms with E-state index in [0.29, 0.717) is 5.57 Å². The van der Waals surface area contributed by atoms with E-state index >= 15 is 0 Å². The summed E-state index contributed by atoms with van der Waals surface area (Å²) in [7, 11) is 0. The van der Waals surface area contributed by atoms with Crippen molar-refractivity contribution >= 4 is 34.0 Å². The predicted molar refractivity (Wildman–Crippen MR) is 116 cm³/mol. The number of aryl methyl sites for hydroxylation is 1. The smallest absolute Gasteiger partial charge is 0.256 e. The van der Waals surface area contributed by atoms with E-state index < -0.39 is 0 Å². The fraction of sp³-hybridized carbons (Fsp3) is 0.0800. The predicted octanol–water partition coefficient (Wildman–Crippen LogP) is 5.74. The minimum Gasteiger partial charge on any atom is -0.321 e. The van der Waals surface area contributed by atoms with Crippen LogP contribution < -0.4 is 5.32 Å². The molecule has 0 bridgehead atoms. The summed E-state index contributed by atoms with van der Waals surface area (Å²) in [5.74, 6) is -0.0452. The van der Waals surface area contributed by atoms with E-state index in [1.807, 2.05) is 30.3 Å². The van der Waals surface area contributed by atoms with Gasteiger partial charge in [-0.05, 0) is 49.1 Å². The number of aromatic nitrogens is 1. The highest BCUT2D eigenvalue weighted by Crippen LogP contribution is 2.34. The second kappa shape index (κ2) is 6.24. The number of hydrogen-bond donors (Lipinski definition) is 1.